The molecule has 0 amide bonds. The van der Waals surface area contributed by atoms with Crippen LogP contribution >= 0.6 is 22.6 Å². The van der Waals surface area contributed by atoms with Crippen LogP contribution in [0.3, 0.4) is 0 Å². The van der Waals surface area contributed by atoms with Crippen molar-refractivity contribution in [1.82, 2.24) is 25.2 Å². The van der Waals surface area contributed by atoms with Gasteiger partial charge in [0.15, 0.2) is 6.61 Å². The van der Waals surface area contributed by atoms with Crippen LogP contribution < -0.4 is 4.74 Å². The number of fused-ring (bicyclic) bond motifs is 1. The summed E-state index contributed by atoms with van der Waals surface area (Å²) < 4.78 is 45.3. The molecule has 0 aliphatic carbocycles. The van der Waals surface area contributed by atoms with Crippen molar-refractivity contribution in [3.63, 3.8) is 0 Å². The Labute approximate surface area is 141 Å². The molecule has 23 heavy (non-hydrogen) atoms. The van der Waals surface area contributed by atoms with Crippen molar-refractivity contribution >= 4 is 33.5 Å². The van der Waals surface area contributed by atoms with E-state index in [0.717, 1.165) is 9.64 Å². The minimum Gasteiger partial charge on any atom is -0.485 e. The highest BCUT2D eigenvalue weighted by Crippen LogP contribution is 2.34. The topological polar surface area (TPSA) is 65.7 Å². The molecule has 2 aromatic heterocycles. The van der Waals surface area contributed by atoms with Gasteiger partial charge in [-0.3, -0.25) is 0 Å². The second kappa shape index (κ2) is 5.91. The average molecular weight is 435 g/mol. The lowest BCUT2D eigenvalue weighted by Crippen LogP contribution is -2.09. The van der Waals surface area contributed by atoms with Crippen molar-refractivity contribution in [1.29, 1.82) is 0 Å². The van der Waals surface area contributed by atoms with Gasteiger partial charge in [-0.25, -0.2) is 4.98 Å². The molecule has 2 heterocycles. The summed E-state index contributed by atoms with van der Waals surface area (Å²) >= 11 is 2.07. The van der Waals surface area contributed by atoms with Crippen LogP contribution in [0.1, 0.15) is 11.5 Å². The smallest absolute Gasteiger partial charge is 0.433 e. The second-order valence-corrected chi connectivity index (χ2v) is 5.89. The van der Waals surface area contributed by atoms with Gasteiger partial charge < -0.3 is 4.74 Å². The number of halogens is 4. The zero-order valence-corrected chi connectivity index (χ0v) is 13.8. The lowest BCUT2D eigenvalue weighted by molar-refractivity contribution is -0.141. The van der Waals surface area contributed by atoms with Crippen molar-refractivity contribution in [2.24, 2.45) is 7.05 Å². The van der Waals surface area contributed by atoms with Gasteiger partial charge in [0.05, 0.1) is 12.6 Å². The van der Waals surface area contributed by atoms with E-state index >= 15 is 0 Å². The fraction of sp³-hybridized carbons (Fsp3) is 0.231. The highest BCUT2D eigenvalue weighted by Gasteiger charge is 2.33. The standard InChI is InChI=1S/C13H9F3IN5O/c1-22-20-12(19-21-22)6-23-10-5-11(13(14,15)16)18-9-3-2-7(17)4-8(9)10/h2-5H,6H2,1H3. The normalized spacial score (nSPS) is 11.9. The third kappa shape index (κ3) is 3.51. The van der Waals surface area contributed by atoms with Crippen molar-refractivity contribution in [2.45, 2.75) is 12.8 Å². The van der Waals surface area contributed by atoms with E-state index < -0.39 is 11.9 Å². The summed E-state index contributed by atoms with van der Waals surface area (Å²) in [7, 11) is 1.59. The molecule has 0 spiro atoms. The molecule has 0 saturated heterocycles. The van der Waals surface area contributed by atoms with Gasteiger partial charge in [-0.1, -0.05) is 0 Å². The Bertz CT molecular complexity index is 864. The van der Waals surface area contributed by atoms with Crippen LogP contribution in [0.15, 0.2) is 24.3 Å². The van der Waals surface area contributed by atoms with Crippen LogP contribution in [0, 0.1) is 3.57 Å². The third-order valence-corrected chi connectivity index (χ3v) is 3.60. The van der Waals surface area contributed by atoms with Crippen molar-refractivity contribution in [3.05, 3.63) is 39.4 Å². The molecule has 0 fully saturated rings. The number of rotatable bonds is 3. The van der Waals surface area contributed by atoms with Gasteiger partial charge in [-0.2, -0.15) is 18.0 Å². The fourth-order valence-electron chi connectivity index (χ4n) is 1.96. The molecule has 3 aromatic rings. The Morgan fingerprint density at radius 2 is 2.04 bits per heavy atom. The number of benzene rings is 1. The molecule has 0 bridgehead atoms. The predicted molar refractivity (Wildman–Crippen MR) is 82.6 cm³/mol. The summed E-state index contributed by atoms with van der Waals surface area (Å²) in [6.45, 7) is -0.0876. The van der Waals surface area contributed by atoms with Crippen molar-refractivity contribution in [2.75, 3.05) is 0 Å². The molecule has 0 aliphatic heterocycles. The summed E-state index contributed by atoms with van der Waals surface area (Å²) in [6.07, 6.45) is -4.56. The van der Waals surface area contributed by atoms with Gasteiger partial charge in [-0.15, -0.1) is 10.2 Å². The molecule has 3 rings (SSSR count). The Morgan fingerprint density at radius 3 is 2.70 bits per heavy atom. The average Bonchev–Trinajstić information content (AvgIpc) is 2.89. The first-order valence-corrected chi connectivity index (χ1v) is 7.44. The molecule has 0 unspecified atom stereocenters. The Hall–Kier alpha value is -1.98. The lowest BCUT2D eigenvalue weighted by atomic mass is 10.2. The number of pyridine rings is 1. The lowest BCUT2D eigenvalue weighted by Gasteiger charge is -2.12. The van der Waals surface area contributed by atoms with Crippen molar-refractivity contribution < 1.29 is 17.9 Å². The van der Waals surface area contributed by atoms with Crippen LogP contribution in [0.5, 0.6) is 5.75 Å². The maximum Gasteiger partial charge on any atom is 0.433 e. The molecule has 0 N–H and O–H groups in total. The van der Waals surface area contributed by atoms with Gasteiger partial charge in [0.25, 0.3) is 0 Å². The highest BCUT2D eigenvalue weighted by atomic mass is 127. The van der Waals surface area contributed by atoms with Gasteiger partial charge in [0.2, 0.25) is 5.82 Å². The molecule has 10 heteroatoms. The number of aromatic nitrogens is 5. The van der Waals surface area contributed by atoms with Crippen LogP contribution in [0.25, 0.3) is 10.9 Å². The Balaban J connectivity index is 2.03. The summed E-state index contributed by atoms with van der Waals surface area (Å²) in [6, 6.07) is 5.81. The molecule has 120 valence electrons. The summed E-state index contributed by atoms with van der Waals surface area (Å²) in [4.78, 5) is 4.89. The van der Waals surface area contributed by atoms with Gasteiger partial charge in [-0.05, 0) is 46.0 Å². The van der Waals surface area contributed by atoms with Crippen LogP contribution in [-0.2, 0) is 19.8 Å². The first-order valence-electron chi connectivity index (χ1n) is 6.36. The molecule has 0 saturated carbocycles. The number of alkyl halides is 3. The maximum absolute atomic E-state index is 13.0. The fourth-order valence-corrected chi connectivity index (χ4v) is 2.45. The predicted octanol–water partition coefficient (Wildman–Crippen LogP) is 2.96. The molecular formula is C13H9F3IN5O. The zero-order chi connectivity index (χ0) is 16.6. The van der Waals surface area contributed by atoms with Crippen LogP contribution in [0.2, 0.25) is 0 Å². The summed E-state index contributed by atoms with van der Waals surface area (Å²) in [5.74, 6) is 0.352. The Kier molecular flexibility index (Phi) is 4.08. The van der Waals surface area contributed by atoms with E-state index in [1.165, 1.54) is 10.9 Å². The number of nitrogens with zero attached hydrogens (tertiary/aromatic N) is 5. The summed E-state index contributed by atoms with van der Waals surface area (Å²) in [5.41, 5.74) is -0.796. The molecule has 1 aromatic carbocycles. The minimum atomic E-state index is -4.56. The highest BCUT2D eigenvalue weighted by molar-refractivity contribution is 14.1. The quantitative estimate of drug-likeness (QED) is 0.593. The van der Waals surface area contributed by atoms with E-state index in [-0.39, 0.29) is 23.7 Å². The van der Waals surface area contributed by atoms with Crippen molar-refractivity contribution in [3.8, 4) is 5.75 Å². The monoisotopic (exact) mass is 435 g/mol. The molecule has 0 atom stereocenters. The number of hydrogen-bond donors (Lipinski definition) is 0. The number of ether oxygens (including phenoxy) is 1. The maximum atomic E-state index is 13.0. The Morgan fingerprint density at radius 1 is 1.26 bits per heavy atom. The van der Waals surface area contributed by atoms with E-state index in [1.807, 2.05) is 0 Å². The van der Waals surface area contributed by atoms with Crippen LogP contribution in [-0.4, -0.2) is 25.2 Å². The number of aryl methyl sites for hydroxylation is 1. The van der Waals surface area contributed by atoms with E-state index in [1.54, 1.807) is 19.2 Å². The van der Waals surface area contributed by atoms with E-state index in [4.69, 9.17) is 4.74 Å². The largest absolute Gasteiger partial charge is 0.485 e. The second-order valence-electron chi connectivity index (χ2n) is 4.65. The van der Waals surface area contributed by atoms with E-state index in [0.29, 0.717) is 5.39 Å². The molecule has 6 nitrogen and oxygen atoms in total. The minimum absolute atomic E-state index is 0.0771. The summed E-state index contributed by atoms with van der Waals surface area (Å²) in [5, 5.41) is 11.8. The first-order chi connectivity index (χ1) is 10.8. The first kappa shape index (κ1) is 15.9. The third-order valence-electron chi connectivity index (χ3n) is 2.93. The van der Waals surface area contributed by atoms with E-state index in [2.05, 4.69) is 43.0 Å². The SMILES string of the molecule is Cn1nnc(COc2cc(C(F)(F)F)nc3ccc(I)cc23)n1. The molecular weight excluding hydrogens is 426 g/mol. The number of hydrogen-bond acceptors (Lipinski definition) is 5. The van der Waals surface area contributed by atoms with Crippen LogP contribution in [0.4, 0.5) is 13.2 Å². The molecule has 0 radical (unpaired) electrons. The van der Waals surface area contributed by atoms with E-state index in [9.17, 15) is 13.2 Å². The zero-order valence-electron chi connectivity index (χ0n) is 11.7. The van der Waals surface area contributed by atoms with Gasteiger partial charge in [0, 0.05) is 15.0 Å². The van der Waals surface area contributed by atoms with Gasteiger partial charge >= 0.3 is 6.18 Å². The van der Waals surface area contributed by atoms with Gasteiger partial charge in [0.1, 0.15) is 11.4 Å². The molecule has 0 aliphatic rings. The number of tetrazole rings is 1.